The summed E-state index contributed by atoms with van der Waals surface area (Å²) in [5, 5.41) is 2.96. The van der Waals surface area contributed by atoms with Crippen molar-refractivity contribution in [3.05, 3.63) is 17.7 Å². The van der Waals surface area contributed by atoms with Crippen molar-refractivity contribution in [3.8, 4) is 11.5 Å². The van der Waals surface area contributed by atoms with E-state index >= 15 is 0 Å². The first kappa shape index (κ1) is 22.8. The minimum Gasteiger partial charge on any atom is -0.489 e. The van der Waals surface area contributed by atoms with E-state index < -0.39 is 9.84 Å². The Labute approximate surface area is 173 Å². The van der Waals surface area contributed by atoms with Crippen molar-refractivity contribution in [1.29, 1.82) is 0 Å². The van der Waals surface area contributed by atoms with E-state index in [2.05, 4.69) is 17.1 Å². The number of nitrogens with zero attached hydrogens (tertiary/aromatic N) is 1. The van der Waals surface area contributed by atoms with Gasteiger partial charge in [0.1, 0.15) is 0 Å². The standard InChI is InChI=1S/C19H28N2O5S.ClH/c1-3-21-8-5-7-14(21)13-20-19(22)16-11-15(27(23,24)4-2)12-17-18(16)26-10-6-9-25-17;/h11-12,14H,3-10,13H2,1-2H3,(H,20,22);1H. The molecular weight excluding hydrogens is 404 g/mol. The molecule has 0 aliphatic carbocycles. The van der Waals surface area contributed by atoms with E-state index in [0.29, 0.717) is 43.7 Å². The maximum Gasteiger partial charge on any atom is 0.255 e. The highest BCUT2D eigenvalue weighted by Gasteiger charge is 2.27. The first-order valence-electron chi connectivity index (χ1n) is 9.65. The van der Waals surface area contributed by atoms with Crippen LogP contribution in [0.2, 0.25) is 0 Å². The largest absolute Gasteiger partial charge is 0.489 e. The highest BCUT2D eigenvalue weighted by atomic mass is 35.5. The van der Waals surface area contributed by atoms with Crippen LogP contribution in [0, 0.1) is 0 Å². The van der Waals surface area contributed by atoms with Crippen LogP contribution in [0.1, 0.15) is 43.5 Å². The number of nitrogens with one attached hydrogen (secondary N) is 1. The van der Waals surface area contributed by atoms with E-state index in [9.17, 15) is 13.2 Å². The van der Waals surface area contributed by atoms with E-state index in [0.717, 1.165) is 25.9 Å². The highest BCUT2D eigenvalue weighted by molar-refractivity contribution is 7.91. The third-order valence-corrected chi connectivity index (χ3v) is 6.92. The van der Waals surface area contributed by atoms with Crippen LogP contribution in [0.15, 0.2) is 17.0 Å². The molecule has 1 N–H and O–H groups in total. The summed E-state index contributed by atoms with van der Waals surface area (Å²) in [5.74, 6) is 0.288. The molecule has 0 saturated carbocycles. The van der Waals surface area contributed by atoms with Crippen molar-refractivity contribution in [2.24, 2.45) is 0 Å². The van der Waals surface area contributed by atoms with Gasteiger partial charge < -0.3 is 14.8 Å². The molecule has 1 atom stereocenters. The van der Waals surface area contributed by atoms with Gasteiger partial charge in [0.2, 0.25) is 0 Å². The molecule has 1 unspecified atom stereocenters. The molecule has 0 bridgehead atoms. The van der Waals surface area contributed by atoms with E-state index in [4.69, 9.17) is 9.47 Å². The van der Waals surface area contributed by atoms with E-state index in [1.165, 1.54) is 12.1 Å². The van der Waals surface area contributed by atoms with Gasteiger partial charge in [-0.2, -0.15) is 0 Å². The monoisotopic (exact) mass is 432 g/mol. The van der Waals surface area contributed by atoms with Crippen molar-refractivity contribution in [3.63, 3.8) is 0 Å². The van der Waals surface area contributed by atoms with Crippen molar-refractivity contribution in [2.45, 2.75) is 44.0 Å². The van der Waals surface area contributed by atoms with Crippen LogP contribution >= 0.6 is 12.4 Å². The van der Waals surface area contributed by atoms with Crippen LogP contribution in [0.3, 0.4) is 0 Å². The predicted molar refractivity (Wildman–Crippen MR) is 110 cm³/mol. The summed E-state index contributed by atoms with van der Waals surface area (Å²) in [6.07, 6.45) is 2.86. The summed E-state index contributed by atoms with van der Waals surface area (Å²) in [6.45, 7) is 7.09. The summed E-state index contributed by atoms with van der Waals surface area (Å²) in [5.41, 5.74) is 0.225. The van der Waals surface area contributed by atoms with Gasteiger partial charge in [-0.25, -0.2) is 8.42 Å². The Morgan fingerprint density at radius 3 is 2.68 bits per heavy atom. The Morgan fingerprint density at radius 2 is 1.96 bits per heavy atom. The topological polar surface area (TPSA) is 84.9 Å². The molecule has 28 heavy (non-hydrogen) atoms. The Morgan fingerprint density at radius 1 is 1.21 bits per heavy atom. The van der Waals surface area contributed by atoms with E-state index in [1.807, 2.05) is 0 Å². The molecule has 1 saturated heterocycles. The maximum atomic E-state index is 12.9. The fourth-order valence-corrected chi connectivity index (χ4v) is 4.53. The second-order valence-corrected chi connectivity index (χ2v) is 9.16. The molecule has 1 aromatic rings. The lowest BCUT2D eigenvalue weighted by atomic mass is 10.1. The number of fused-ring (bicyclic) bond motifs is 1. The molecule has 1 amide bonds. The average molecular weight is 433 g/mol. The summed E-state index contributed by atoms with van der Waals surface area (Å²) in [4.78, 5) is 15.3. The zero-order chi connectivity index (χ0) is 19.4. The molecule has 2 aliphatic heterocycles. The molecule has 2 aliphatic rings. The number of likely N-dealkylation sites (N-methyl/N-ethyl adjacent to an activating group) is 1. The van der Waals surface area contributed by atoms with Crippen LogP contribution in [-0.4, -0.2) is 63.9 Å². The van der Waals surface area contributed by atoms with Crippen molar-refractivity contribution in [1.82, 2.24) is 10.2 Å². The number of sulfone groups is 1. The lowest BCUT2D eigenvalue weighted by molar-refractivity contribution is 0.0937. The van der Waals surface area contributed by atoms with Crippen LogP contribution in [-0.2, 0) is 9.84 Å². The number of carbonyl (C=O) groups excluding carboxylic acids is 1. The molecule has 2 heterocycles. The van der Waals surface area contributed by atoms with Gasteiger partial charge in [0.15, 0.2) is 21.3 Å². The van der Waals surface area contributed by atoms with Gasteiger partial charge in [0.05, 0.1) is 29.4 Å². The maximum absolute atomic E-state index is 12.9. The second kappa shape index (κ2) is 9.80. The first-order valence-corrected chi connectivity index (χ1v) is 11.3. The van der Waals surface area contributed by atoms with Gasteiger partial charge in [-0.15, -0.1) is 12.4 Å². The van der Waals surface area contributed by atoms with Gasteiger partial charge in [-0.05, 0) is 32.0 Å². The van der Waals surface area contributed by atoms with Gasteiger partial charge in [0, 0.05) is 25.1 Å². The Balaban J connectivity index is 0.00000280. The predicted octanol–water partition coefficient (Wildman–Crippen LogP) is 2.28. The van der Waals surface area contributed by atoms with Crippen molar-refractivity contribution in [2.75, 3.05) is 38.6 Å². The van der Waals surface area contributed by atoms with Crippen molar-refractivity contribution >= 4 is 28.2 Å². The van der Waals surface area contributed by atoms with Crippen molar-refractivity contribution < 1.29 is 22.7 Å². The molecule has 158 valence electrons. The molecular formula is C19H29ClN2O5S. The number of ether oxygens (including phenoxy) is 2. The first-order chi connectivity index (χ1) is 13.0. The number of likely N-dealkylation sites (tertiary alicyclic amines) is 1. The molecule has 1 aromatic carbocycles. The van der Waals surface area contributed by atoms with E-state index in [1.54, 1.807) is 6.92 Å². The summed E-state index contributed by atoms with van der Waals surface area (Å²) >= 11 is 0. The number of carbonyl (C=O) groups is 1. The normalized spacial score (nSPS) is 19.6. The average Bonchev–Trinajstić information content (AvgIpc) is 3.00. The summed E-state index contributed by atoms with van der Waals surface area (Å²) in [6, 6.07) is 3.19. The number of halogens is 1. The Bertz CT molecular complexity index is 800. The molecule has 0 radical (unpaired) electrons. The number of hydrogen-bond acceptors (Lipinski definition) is 6. The molecule has 1 fully saturated rings. The van der Waals surface area contributed by atoms with Gasteiger partial charge in [-0.1, -0.05) is 13.8 Å². The minimum absolute atomic E-state index is 0. The molecule has 9 heteroatoms. The highest BCUT2D eigenvalue weighted by Crippen LogP contribution is 2.36. The van der Waals surface area contributed by atoms with Gasteiger partial charge >= 0.3 is 0 Å². The molecule has 7 nitrogen and oxygen atoms in total. The summed E-state index contributed by atoms with van der Waals surface area (Å²) in [7, 11) is -3.47. The SMILES string of the molecule is CCN1CCCC1CNC(=O)c1cc(S(=O)(=O)CC)cc2c1OCCCO2.Cl. The number of hydrogen-bond donors (Lipinski definition) is 1. The number of amides is 1. The van der Waals surface area contributed by atoms with E-state index in [-0.39, 0.29) is 34.5 Å². The lowest BCUT2D eigenvalue weighted by Gasteiger charge is -2.23. The van der Waals surface area contributed by atoms with Crippen LogP contribution in [0.5, 0.6) is 11.5 Å². The lowest BCUT2D eigenvalue weighted by Crippen LogP contribution is -2.40. The third kappa shape index (κ3) is 4.90. The van der Waals surface area contributed by atoms with Gasteiger partial charge in [0.25, 0.3) is 5.91 Å². The van der Waals surface area contributed by atoms with Crippen LogP contribution < -0.4 is 14.8 Å². The summed E-state index contributed by atoms with van der Waals surface area (Å²) < 4.78 is 36.1. The fraction of sp³-hybridized carbons (Fsp3) is 0.632. The fourth-order valence-electron chi connectivity index (χ4n) is 3.61. The number of rotatable bonds is 6. The molecule has 3 rings (SSSR count). The Hall–Kier alpha value is -1.51. The number of benzene rings is 1. The zero-order valence-electron chi connectivity index (χ0n) is 16.4. The third-order valence-electron chi connectivity index (χ3n) is 5.21. The molecule has 0 spiro atoms. The van der Waals surface area contributed by atoms with Crippen LogP contribution in [0.25, 0.3) is 0 Å². The minimum atomic E-state index is -3.47. The smallest absolute Gasteiger partial charge is 0.255 e. The zero-order valence-corrected chi connectivity index (χ0v) is 18.0. The van der Waals surface area contributed by atoms with Crippen LogP contribution in [0.4, 0.5) is 0 Å². The quantitative estimate of drug-likeness (QED) is 0.742. The molecule has 0 aromatic heterocycles. The Kier molecular flexibility index (Phi) is 7.97. The van der Waals surface area contributed by atoms with Gasteiger partial charge in [-0.3, -0.25) is 9.69 Å². The second-order valence-electron chi connectivity index (χ2n) is 6.89.